The van der Waals surface area contributed by atoms with E-state index in [1.54, 1.807) is 12.3 Å². The molecule has 4 aromatic rings. The van der Waals surface area contributed by atoms with E-state index in [2.05, 4.69) is 134 Å². The molecule has 3 nitrogen and oxygen atoms in total. The molecule has 0 saturated heterocycles. The molecule has 0 saturated carbocycles. The summed E-state index contributed by atoms with van der Waals surface area (Å²) < 4.78 is 0. The van der Waals surface area contributed by atoms with Gasteiger partial charge < -0.3 is 0 Å². The van der Waals surface area contributed by atoms with Crippen molar-refractivity contribution in [2.24, 2.45) is 9.98 Å². The van der Waals surface area contributed by atoms with Crippen LogP contribution in [0.25, 0.3) is 28.0 Å². The molecule has 0 spiro atoms. The molecule has 0 atom stereocenters. The molecule has 0 N–H and O–H groups in total. The second kappa shape index (κ2) is 22.2. The second-order valence-corrected chi connectivity index (χ2v) is 10.9. The van der Waals surface area contributed by atoms with Crippen LogP contribution in [0.1, 0.15) is 36.1 Å². The van der Waals surface area contributed by atoms with Gasteiger partial charge in [0.25, 0.3) is 0 Å². The predicted octanol–water partition coefficient (Wildman–Crippen LogP) is 12.7. The van der Waals surface area contributed by atoms with Crippen LogP contribution in [0, 0.1) is 0 Å². The molecule has 0 aliphatic heterocycles. The minimum Gasteiger partial charge on any atom is -0.280 e. The van der Waals surface area contributed by atoms with Crippen molar-refractivity contribution in [3.8, 4) is 11.1 Å². The number of rotatable bonds is 15. The van der Waals surface area contributed by atoms with Gasteiger partial charge in [-0.2, -0.15) is 0 Å². The molecule has 254 valence electrons. The zero-order chi connectivity index (χ0) is 36.7. The Morgan fingerprint density at radius 1 is 0.706 bits per heavy atom. The highest BCUT2D eigenvalue weighted by Crippen LogP contribution is 2.26. The van der Waals surface area contributed by atoms with Gasteiger partial charge in [-0.15, -0.1) is 13.2 Å². The number of pyridine rings is 1. The topological polar surface area (TPSA) is 37.6 Å². The molecule has 3 heteroatoms. The zero-order valence-electron chi connectivity index (χ0n) is 29.8. The Morgan fingerprint density at radius 2 is 1.39 bits per heavy atom. The summed E-state index contributed by atoms with van der Waals surface area (Å²) in [4.78, 5) is 13.9. The van der Waals surface area contributed by atoms with E-state index in [0.717, 1.165) is 61.5 Å². The molecule has 0 aliphatic carbocycles. The highest BCUT2D eigenvalue weighted by atomic mass is 14.8. The molecule has 1 aromatic heterocycles. The lowest BCUT2D eigenvalue weighted by atomic mass is 9.96. The van der Waals surface area contributed by atoms with E-state index in [1.807, 2.05) is 86.8 Å². The number of hydrogen-bond donors (Lipinski definition) is 0. The van der Waals surface area contributed by atoms with Crippen LogP contribution in [0.15, 0.2) is 218 Å². The highest BCUT2D eigenvalue weighted by molar-refractivity contribution is 6.15. The summed E-state index contributed by atoms with van der Waals surface area (Å²) >= 11 is 0. The van der Waals surface area contributed by atoms with Gasteiger partial charge in [0.15, 0.2) is 0 Å². The van der Waals surface area contributed by atoms with Crippen LogP contribution in [0.5, 0.6) is 0 Å². The van der Waals surface area contributed by atoms with Crippen molar-refractivity contribution in [2.75, 3.05) is 0 Å². The third-order valence-electron chi connectivity index (χ3n) is 7.69. The van der Waals surface area contributed by atoms with E-state index >= 15 is 0 Å². The quantitative estimate of drug-likeness (QED) is 0.0707. The van der Waals surface area contributed by atoms with Crippen LogP contribution in [0.4, 0.5) is 0 Å². The van der Waals surface area contributed by atoms with E-state index in [9.17, 15) is 0 Å². The first-order valence-electron chi connectivity index (χ1n) is 16.8. The minimum absolute atomic E-state index is 0.500. The van der Waals surface area contributed by atoms with Crippen LogP contribution in [-0.4, -0.2) is 17.4 Å². The van der Waals surface area contributed by atoms with Crippen LogP contribution in [0.3, 0.4) is 0 Å². The lowest BCUT2D eigenvalue weighted by molar-refractivity contribution is 1.07. The van der Waals surface area contributed by atoms with E-state index < -0.39 is 0 Å². The van der Waals surface area contributed by atoms with Gasteiger partial charge in [0, 0.05) is 23.5 Å². The summed E-state index contributed by atoms with van der Waals surface area (Å²) in [6.07, 6.45) is 27.7. The lowest BCUT2D eigenvalue weighted by Crippen LogP contribution is -2.02. The molecule has 1 heterocycles. The summed E-state index contributed by atoms with van der Waals surface area (Å²) in [6.45, 7) is 22.3. The predicted molar refractivity (Wildman–Crippen MR) is 226 cm³/mol. The molecule has 0 fully saturated rings. The first kappa shape index (κ1) is 39.0. The fraction of sp³-hybridized carbons (Fsp3) is 0.0625. The third kappa shape index (κ3) is 12.2. The van der Waals surface area contributed by atoms with E-state index in [-0.39, 0.29) is 0 Å². The molecule has 0 aliphatic rings. The molecule has 51 heavy (non-hydrogen) atoms. The molecular formula is C48H47N3. The van der Waals surface area contributed by atoms with Crippen molar-refractivity contribution in [1.29, 1.82) is 0 Å². The fourth-order valence-corrected chi connectivity index (χ4v) is 5.07. The first-order valence-corrected chi connectivity index (χ1v) is 16.8. The fourth-order valence-electron chi connectivity index (χ4n) is 5.07. The van der Waals surface area contributed by atoms with E-state index in [4.69, 9.17) is 4.99 Å². The van der Waals surface area contributed by atoms with Gasteiger partial charge in [0.05, 0.1) is 18.0 Å². The molecule has 0 radical (unpaired) electrons. The van der Waals surface area contributed by atoms with Crippen LogP contribution >= 0.6 is 0 Å². The number of benzene rings is 3. The average Bonchev–Trinajstić information content (AvgIpc) is 3.20. The highest BCUT2D eigenvalue weighted by Gasteiger charge is 2.10. The maximum atomic E-state index is 5.17. The van der Waals surface area contributed by atoms with Crippen molar-refractivity contribution in [1.82, 2.24) is 4.98 Å². The Kier molecular flexibility index (Phi) is 17.0. The van der Waals surface area contributed by atoms with E-state index in [0.29, 0.717) is 6.54 Å². The Balaban J connectivity index is 0.00000345. The Morgan fingerprint density at radius 3 is 2.00 bits per heavy atom. The summed E-state index contributed by atoms with van der Waals surface area (Å²) in [7, 11) is 0. The SMILES string of the molecule is C=C.C=C\C=C/C=C(\C=C(/C=C/C=C/C)c1ccc(-c2cccnc2)cc1)C(/C=C(\N=C)c1ccc(/C(C=C)=C/C)cc1)=NCc1ccccc1. The van der Waals surface area contributed by atoms with Crippen molar-refractivity contribution < 1.29 is 0 Å². The minimum atomic E-state index is 0.500. The molecular weight excluding hydrogens is 619 g/mol. The van der Waals surface area contributed by atoms with Gasteiger partial charge in [0.2, 0.25) is 0 Å². The number of nitrogens with zero attached hydrogens (tertiary/aromatic N) is 3. The van der Waals surface area contributed by atoms with Crippen molar-refractivity contribution in [3.63, 3.8) is 0 Å². The van der Waals surface area contributed by atoms with Crippen molar-refractivity contribution in [2.45, 2.75) is 20.4 Å². The van der Waals surface area contributed by atoms with Crippen LogP contribution in [-0.2, 0) is 6.54 Å². The normalized spacial score (nSPS) is 12.9. The Labute approximate surface area is 305 Å². The zero-order valence-corrected chi connectivity index (χ0v) is 29.8. The van der Waals surface area contributed by atoms with Crippen LogP contribution < -0.4 is 0 Å². The summed E-state index contributed by atoms with van der Waals surface area (Å²) in [6, 6.07) is 31.1. The number of aromatic nitrogens is 1. The number of allylic oxidation sites excluding steroid dienone is 15. The Hall–Kier alpha value is -6.45. The summed E-state index contributed by atoms with van der Waals surface area (Å²) in [5.41, 5.74) is 10.9. The second-order valence-electron chi connectivity index (χ2n) is 10.9. The summed E-state index contributed by atoms with van der Waals surface area (Å²) in [5, 5.41) is 0. The van der Waals surface area contributed by atoms with Crippen LogP contribution in [0.2, 0.25) is 0 Å². The monoisotopic (exact) mass is 665 g/mol. The molecule has 3 aromatic carbocycles. The number of hydrogen-bond acceptors (Lipinski definition) is 3. The standard InChI is InChI=1S/C46H43N3.C2H4/c1-6-10-13-20-42(39-23-25-40(26-24-39)44-22-17-31-48-35-44)32-43(21-14-11-7-2)46(49-34-36-18-15-12-16-19-36)33-45(47-5)41-29-27-38(28-30-41)37(8-3)9-4;1-2/h6-33,35H,2-3,5,34H2,1,4H3;1-2H2/b10-6+,14-11-,20-13+,37-9+,42-32+,43-21+,45-33-,49-46?;. The molecule has 0 amide bonds. The van der Waals surface area contributed by atoms with Gasteiger partial charge in [0.1, 0.15) is 0 Å². The largest absolute Gasteiger partial charge is 0.280 e. The van der Waals surface area contributed by atoms with Gasteiger partial charge in [-0.1, -0.05) is 159 Å². The van der Waals surface area contributed by atoms with Crippen molar-refractivity contribution >= 4 is 29.3 Å². The maximum Gasteiger partial charge on any atom is 0.0716 e. The Bertz CT molecular complexity index is 1960. The number of aliphatic imine (C=N–C) groups is 2. The van der Waals surface area contributed by atoms with Crippen molar-refractivity contribution in [3.05, 3.63) is 230 Å². The average molecular weight is 666 g/mol. The van der Waals surface area contributed by atoms with Gasteiger partial charge in [-0.05, 0) is 77.7 Å². The lowest BCUT2D eigenvalue weighted by Gasteiger charge is -2.11. The first-order chi connectivity index (χ1) is 25.1. The third-order valence-corrected chi connectivity index (χ3v) is 7.69. The van der Waals surface area contributed by atoms with Gasteiger partial charge in [-0.25, -0.2) is 0 Å². The molecule has 4 rings (SSSR count). The maximum absolute atomic E-state index is 5.17. The molecule has 0 bridgehead atoms. The van der Waals surface area contributed by atoms with E-state index in [1.165, 1.54) is 0 Å². The van der Waals surface area contributed by atoms with Gasteiger partial charge in [-0.3, -0.25) is 15.0 Å². The smallest absolute Gasteiger partial charge is 0.0716 e. The molecule has 0 unspecified atom stereocenters. The van der Waals surface area contributed by atoms with Gasteiger partial charge >= 0.3 is 0 Å². The summed E-state index contributed by atoms with van der Waals surface area (Å²) in [5.74, 6) is 0.